The molecule has 0 spiro atoms. The van der Waals surface area contributed by atoms with Gasteiger partial charge in [-0.3, -0.25) is 14.4 Å². The topological polar surface area (TPSA) is 127 Å². The predicted octanol–water partition coefficient (Wildman–Crippen LogP) is 0.290. The second kappa shape index (κ2) is 11.9. The summed E-state index contributed by atoms with van der Waals surface area (Å²) < 4.78 is 32.3. The third kappa shape index (κ3) is 8.65. The standard InChI is InChI=1S/C17H28O10/c1-5-22-15(6-7-18)27-16-8-13(24-11(3)20)17(25-12(4)21)14(26-16)9-23-10(2)19/h13-18H,5-9H2,1-4H3/t13-,14-,15?,16+,17+/m1/s1. The molecule has 0 aromatic carbocycles. The molecule has 1 saturated heterocycles. The van der Waals surface area contributed by atoms with Gasteiger partial charge in [0.05, 0.1) is 0 Å². The summed E-state index contributed by atoms with van der Waals surface area (Å²) in [5.41, 5.74) is 0. The van der Waals surface area contributed by atoms with Crippen molar-refractivity contribution >= 4 is 17.9 Å². The molecular weight excluding hydrogens is 364 g/mol. The van der Waals surface area contributed by atoms with E-state index in [1.165, 1.54) is 20.8 Å². The molecule has 0 amide bonds. The van der Waals surface area contributed by atoms with Gasteiger partial charge in [-0.2, -0.15) is 0 Å². The van der Waals surface area contributed by atoms with Crippen LogP contribution in [0.15, 0.2) is 0 Å². The minimum absolute atomic E-state index is 0.0725. The summed E-state index contributed by atoms with van der Waals surface area (Å²) >= 11 is 0. The molecule has 0 aromatic rings. The molecule has 0 bridgehead atoms. The van der Waals surface area contributed by atoms with E-state index in [1.54, 1.807) is 6.92 Å². The summed E-state index contributed by atoms with van der Waals surface area (Å²) in [4.78, 5) is 34.1. The fraction of sp³-hybridized carbons (Fsp3) is 0.824. The van der Waals surface area contributed by atoms with Crippen molar-refractivity contribution in [1.29, 1.82) is 0 Å². The Hall–Kier alpha value is -1.75. The molecule has 1 unspecified atom stereocenters. The van der Waals surface area contributed by atoms with Crippen LogP contribution in [0.3, 0.4) is 0 Å². The summed E-state index contributed by atoms with van der Waals surface area (Å²) in [7, 11) is 0. The van der Waals surface area contributed by atoms with Crippen LogP contribution in [0.5, 0.6) is 0 Å². The first-order chi connectivity index (χ1) is 12.8. The first-order valence-corrected chi connectivity index (χ1v) is 8.78. The van der Waals surface area contributed by atoms with E-state index < -0.39 is 48.8 Å². The highest BCUT2D eigenvalue weighted by Gasteiger charge is 2.44. The zero-order valence-electron chi connectivity index (χ0n) is 16.0. The summed E-state index contributed by atoms with van der Waals surface area (Å²) in [6.07, 6.45) is -4.06. The molecule has 1 aliphatic rings. The molecule has 10 nitrogen and oxygen atoms in total. The van der Waals surface area contributed by atoms with Crippen LogP contribution < -0.4 is 0 Å². The van der Waals surface area contributed by atoms with Crippen molar-refractivity contribution in [3.63, 3.8) is 0 Å². The quantitative estimate of drug-likeness (QED) is 0.315. The molecule has 0 aromatic heterocycles. The van der Waals surface area contributed by atoms with Gasteiger partial charge in [-0.25, -0.2) is 0 Å². The van der Waals surface area contributed by atoms with Crippen molar-refractivity contribution in [2.45, 2.75) is 71.4 Å². The number of aliphatic hydroxyl groups excluding tert-OH is 1. The third-order valence-electron chi connectivity index (χ3n) is 3.58. The molecule has 1 aliphatic heterocycles. The molecule has 0 saturated carbocycles. The molecule has 1 fully saturated rings. The first kappa shape index (κ1) is 23.3. The Labute approximate surface area is 158 Å². The van der Waals surface area contributed by atoms with E-state index in [9.17, 15) is 14.4 Å². The van der Waals surface area contributed by atoms with Crippen LogP contribution in [0.25, 0.3) is 0 Å². The smallest absolute Gasteiger partial charge is 0.303 e. The molecule has 156 valence electrons. The van der Waals surface area contributed by atoms with Gasteiger partial charge in [-0.15, -0.1) is 0 Å². The Morgan fingerprint density at radius 3 is 2.30 bits per heavy atom. The van der Waals surface area contributed by atoms with Gasteiger partial charge in [0.15, 0.2) is 18.7 Å². The molecule has 10 heteroatoms. The Morgan fingerprint density at radius 1 is 1.11 bits per heavy atom. The number of ether oxygens (including phenoxy) is 6. The molecule has 5 atom stereocenters. The van der Waals surface area contributed by atoms with Gasteiger partial charge in [0, 0.05) is 46.8 Å². The lowest BCUT2D eigenvalue weighted by atomic mass is 10.0. The summed E-state index contributed by atoms with van der Waals surface area (Å²) in [5.74, 6) is -1.71. The number of hydrogen-bond acceptors (Lipinski definition) is 10. The van der Waals surface area contributed by atoms with Crippen LogP contribution in [0.2, 0.25) is 0 Å². The van der Waals surface area contributed by atoms with Gasteiger partial charge < -0.3 is 33.5 Å². The van der Waals surface area contributed by atoms with Gasteiger partial charge in [0.2, 0.25) is 0 Å². The molecule has 1 N–H and O–H groups in total. The number of esters is 3. The molecule has 0 aliphatic carbocycles. The van der Waals surface area contributed by atoms with Crippen LogP contribution in [-0.4, -0.2) is 73.7 Å². The lowest BCUT2D eigenvalue weighted by Crippen LogP contribution is -2.54. The van der Waals surface area contributed by atoms with E-state index in [-0.39, 0.29) is 26.1 Å². The Balaban J connectivity index is 2.95. The lowest BCUT2D eigenvalue weighted by molar-refractivity contribution is -0.307. The van der Waals surface area contributed by atoms with E-state index in [2.05, 4.69) is 0 Å². The summed E-state index contributed by atoms with van der Waals surface area (Å²) in [5, 5.41) is 9.12. The average Bonchev–Trinajstić information content (AvgIpc) is 2.55. The maximum atomic E-state index is 11.5. The lowest BCUT2D eigenvalue weighted by Gasteiger charge is -2.40. The van der Waals surface area contributed by atoms with E-state index >= 15 is 0 Å². The number of hydrogen-bond donors (Lipinski definition) is 1. The zero-order chi connectivity index (χ0) is 20.4. The average molecular weight is 392 g/mol. The number of rotatable bonds is 10. The fourth-order valence-corrected chi connectivity index (χ4v) is 2.64. The van der Waals surface area contributed by atoms with E-state index in [1.807, 2.05) is 0 Å². The monoisotopic (exact) mass is 392 g/mol. The predicted molar refractivity (Wildman–Crippen MR) is 89.2 cm³/mol. The molecule has 0 radical (unpaired) electrons. The van der Waals surface area contributed by atoms with Crippen LogP contribution in [0.4, 0.5) is 0 Å². The highest BCUT2D eigenvalue weighted by molar-refractivity contribution is 5.67. The van der Waals surface area contributed by atoms with Gasteiger partial charge in [0.25, 0.3) is 0 Å². The van der Waals surface area contributed by atoms with E-state index in [0.717, 1.165) is 0 Å². The maximum Gasteiger partial charge on any atom is 0.303 e. The fourth-order valence-electron chi connectivity index (χ4n) is 2.64. The Kier molecular flexibility index (Phi) is 10.2. The number of carbonyl (C=O) groups excluding carboxylic acids is 3. The summed E-state index contributed by atoms with van der Waals surface area (Å²) in [6, 6.07) is 0. The SMILES string of the molecule is CCOC(CCO)O[C@H]1C[C@@H](OC(C)=O)[C@H](OC(C)=O)[C@@H](COC(C)=O)O1. The van der Waals surface area contributed by atoms with Gasteiger partial charge in [-0.05, 0) is 6.92 Å². The molecule has 27 heavy (non-hydrogen) atoms. The van der Waals surface area contributed by atoms with Crippen LogP contribution in [-0.2, 0) is 42.8 Å². The third-order valence-corrected chi connectivity index (χ3v) is 3.58. The largest absolute Gasteiger partial charge is 0.463 e. The van der Waals surface area contributed by atoms with Gasteiger partial charge >= 0.3 is 17.9 Å². The normalized spacial score (nSPS) is 26.1. The van der Waals surface area contributed by atoms with Crippen molar-refractivity contribution in [1.82, 2.24) is 0 Å². The minimum Gasteiger partial charge on any atom is -0.463 e. The van der Waals surface area contributed by atoms with Crippen molar-refractivity contribution in [3.8, 4) is 0 Å². The highest BCUT2D eigenvalue weighted by atomic mass is 16.8. The molecule has 1 rings (SSSR count). The summed E-state index contributed by atoms with van der Waals surface area (Å²) in [6.45, 7) is 5.43. The number of aliphatic hydroxyl groups is 1. The zero-order valence-corrected chi connectivity index (χ0v) is 16.0. The van der Waals surface area contributed by atoms with Crippen molar-refractivity contribution in [2.75, 3.05) is 19.8 Å². The minimum atomic E-state index is -0.964. The second-order valence-electron chi connectivity index (χ2n) is 5.90. The van der Waals surface area contributed by atoms with Crippen LogP contribution in [0.1, 0.15) is 40.5 Å². The molecular formula is C17H28O10. The van der Waals surface area contributed by atoms with Crippen LogP contribution >= 0.6 is 0 Å². The second-order valence-corrected chi connectivity index (χ2v) is 5.90. The van der Waals surface area contributed by atoms with Gasteiger partial charge in [-0.1, -0.05) is 0 Å². The first-order valence-electron chi connectivity index (χ1n) is 8.78. The van der Waals surface area contributed by atoms with Gasteiger partial charge in [0.1, 0.15) is 18.8 Å². The Bertz CT molecular complexity index is 488. The molecule has 1 heterocycles. The highest BCUT2D eigenvalue weighted by Crippen LogP contribution is 2.28. The van der Waals surface area contributed by atoms with E-state index in [0.29, 0.717) is 6.61 Å². The van der Waals surface area contributed by atoms with Crippen molar-refractivity contribution in [2.24, 2.45) is 0 Å². The van der Waals surface area contributed by atoms with E-state index in [4.69, 9.17) is 33.5 Å². The van der Waals surface area contributed by atoms with Crippen molar-refractivity contribution < 1.29 is 47.9 Å². The van der Waals surface area contributed by atoms with Crippen LogP contribution in [0, 0.1) is 0 Å². The Morgan fingerprint density at radius 2 is 1.78 bits per heavy atom. The van der Waals surface area contributed by atoms with Crippen molar-refractivity contribution in [3.05, 3.63) is 0 Å². The number of carbonyl (C=O) groups is 3. The maximum absolute atomic E-state index is 11.5.